The number of halogens is 2. The minimum Gasteiger partial charge on any atom is -0.363 e. The summed E-state index contributed by atoms with van der Waals surface area (Å²) in [5.74, 6) is 0.590. The van der Waals surface area contributed by atoms with Crippen LogP contribution in [0.4, 0.5) is 4.39 Å². The highest BCUT2D eigenvalue weighted by Crippen LogP contribution is 2.35. The molecule has 0 spiro atoms. The fraction of sp³-hybridized carbons (Fsp3) is 0.263. The van der Waals surface area contributed by atoms with Crippen molar-refractivity contribution in [2.45, 2.75) is 25.5 Å². The summed E-state index contributed by atoms with van der Waals surface area (Å²) in [5.41, 5.74) is 3.02. The fourth-order valence-corrected chi connectivity index (χ4v) is 3.31. The first kappa shape index (κ1) is 16.1. The third-order valence-corrected chi connectivity index (χ3v) is 4.65. The maximum Gasteiger partial charge on any atom is 0.227 e. The molecular formula is C19H17ClFN3O. The number of oxime groups is 1. The Labute approximate surface area is 150 Å². The summed E-state index contributed by atoms with van der Waals surface area (Å²) in [6.45, 7) is 0.860. The minimum absolute atomic E-state index is 0.256. The van der Waals surface area contributed by atoms with Crippen LogP contribution < -0.4 is 0 Å². The van der Waals surface area contributed by atoms with Crippen molar-refractivity contribution in [2.24, 2.45) is 10.1 Å². The summed E-state index contributed by atoms with van der Waals surface area (Å²) in [7, 11) is 0. The van der Waals surface area contributed by atoms with E-state index in [1.165, 1.54) is 12.1 Å². The number of allylic oxidation sites excluding steroid dienone is 4. The molecule has 3 heterocycles. The lowest BCUT2D eigenvalue weighted by Crippen LogP contribution is -2.36. The van der Waals surface area contributed by atoms with E-state index in [4.69, 9.17) is 16.4 Å². The van der Waals surface area contributed by atoms with Crippen LogP contribution in [0.25, 0.3) is 0 Å². The molecule has 0 aromatic heterocycles. The average Bonchev–Trinajstić information content (AvgIpc) is 2.95. The molecule has 1 aromatic rings. The summed E-state index contributed by atoms with van der Waals surface area (Å²) < 4.78 is 13.2. The van der Waals surface area contributed by atoms with Gasteiger partial charge in [-0.15, -0.1) is 0 Å². The topological polar surface area (TPSA) is 37.2 Å². The molecule has 0 saturated carbocycles. The van der Waals surface area contributed by atoms with Gasteiger partial charge < -0.3 is 9.74 Å². The van der Waals surface area contributed by atoms with Gasteiger partial charge in [-0.1, -0.05) is 35.0 Å². The van der Waals surface area contributed by atoms with Crippen molar-refractivity contribution in [3.63, 3.8) is 0 Å². The average molecular weight is 358 g/mol. The molecule has 1 fully saturated rings. The van der Waals surface area contributed by atoms with E-state index in [1.807, 2.05) is 6.08 Å². The number of amidine groups is 1. The van der Waals surface area contributed by atoms with Crippen LogP contribution in [0.5, 0.6) is 0 Å². The van der Waals surface area contributed by atoms with Gasteiger partial charge in [-0.3, -0.25) is 0 Å². The molecule has 25 heavy (non-hydrogen) atoms. The van der Waals surface area contributed by atoms with Gasteiger partial charge in [0.2, 0.25) is 6.23 Å². The van der Waals surface area contributed by atoms with Crippen molar-refractivity contribution in [2.75, 3.05) is 6.54 Å². The number of benzene rings is 1. The van der Waals surface area contributed by atoms with Gasteiger partial charge in [0.05, 0.1) is 0 Å². The van der Waals surface area contributed by atoms with Crippen LogP contribution in [0.2, 0.25) is 0 Å². The van der Waals surface area contributed by atoms with E-state index >= 15 is 0 Å². The lowest BCUT2D eigenvalue weighted by atomic mass is 9.99. The van der Waals surface area contributed by atoms with E-state index in [1.54, 1.807) is 18.3 Å². The molecule has 0 radical (unpaired) electrons. The van der Waals surface area contributed by atoms with E-state index in [0.717, 1.165) is 48.4 Å². The molecule has 1 aromatic carbocycles. The van der Waals surface area contributed by atoms with Gasteiger partial charge in [-0.25, -0.2) is 9.38 Å². The molecule has 1 saturated heterocycles. The molecule has 4 nitrogen and oxygen atoms in total. The summed E-state index contributed by atoms with van der Waals surface area (Å²) in [6, 6.07) is 6.37. The van der Waals surface area contributed by atoms with E-state index in [9.17, 15) is 4.39 Å². The van der Waals surface area contributed by atoms with Gasteiger partial charge in [0.1, 0.15) is 11.0 Å². The van der Waals surface area contributed by atoms with Gasteiger partial charge in [0, 0.05) is 18.3 Å². The Hall–Kier alpha value is -2.40. The Kier molecular flexibility index (Phi) is 4.40. The molecule has 3 aliphatic heterocycles. The maximum atomic E-state index is 13.2. The van der Waals surface area contributed by atoms with Crippen LogP contribution in [0.15, 0.2) is 68.9 Å². The third-order valence-electron chi connectivity index (χ3n) is 4.40. The number of piperidine rings is 1. The van der Waals surface area contributed by atoms with Gasteiger partial charge in [-0.2, -0.15) is 0 Å². The van der Waals surface area contributed by atoms with Crippen molar-refractivity contribution in [3.8, 4) is 0 Å². The lowest BCUT2D eigenvalue weighted by molar-refractivity contribution is 0.00780. The molecule has 3 aliphatic rings. The first-order valence-electron chi connectivity index (χ1n) is 8.27. The van der Waals surface area contributed by atoms with Crippen molar-refractivity contribution >= 4 is 23.7 Å². The molecule has 0 N–H and O–H groups in total. The summed E-state index contributed by atoms with van der Waals surface area (Å²) in [5, 5.41) is 4.80. The molecule has 1 atom stereocenters. The van der Waals surface area contributed by atoms with Gasteiger partial charge in [0.15, 0.2) is 5.84 Å². The molecule has 0 aliphatic carbocycles. The summed E-state index contributed by atoms with van der Waals surface area (Å²) in [6.07, 6.45) is 10.2. The second kappa shape index (κ2) is 6.84. The highest BCUT2D eigenvalue weighted by Gasteiger charge is 2.35. The zero-order valence-corrected chi connectivity index (χ0v) is 14.3. The lowest BCUT2D eigenvalue weighted by Gasteiger charge is -2.30. The van der Waals surface area contributed by atoms with Crippen molar-refractivity contribution in [1.82, 2.24) is 4.90 Å². The number of aliphatic imine (C=N–C) groups is 1. The van der Waals surface area contributed by atoms with Gasteiger partial charge >= 0.3 is 0 Å². The first-order valence-corrected chi connectivity index (χ1v) is 8.65. The Morgan fingerprint density at radius 2 is 2.08 bits per heavy atom. The predicted octanol–water partition coefficient (Wildman–Crippen LogP) is 4.67. The second-order valence-electron chi connectivity index (χ2n) is 6.12. The zero-order chi connectivity index (χ0) is 17.2. The highest BCUT2D eigenvalue weighted by atomic mass is 35.5. The summed E-state index contributed by atoms with van der Waals surface area (Å²) >= 11 is 5.95. The molecule has 0 amide bonds. The highest BCUT2D eigenvalue weighted by molar-refractivity contribution is 6.30. The molecule has 1 unspecified atom stereocenters. The van der Waals surface area contributed by atoms with Crippen molar-refractivity contribution < 1.29 is 9.23 Å². The van der Waals surface area contributed by atoms with Crippen LogP contribution in [0, 0.1) is 5.82 Å². The summed E-state index contributed by atoms with van der Waals surface area (Å²) in [4.78, 5) is 12.0. The smallest absolute Gasteiger partial charge is 0.227 e. The number of hydrogen-bond acceptors (Lipinski definition) is 4. The van der Waals surface area contributed by atoms with Gasteiger partial charge in [-0.05, 0) is 54.7 Å². The van der Waals surface area contributed by atoms with Gasteiger partial charge in [0.25, 0.3) is 0 Å². The van der Waals surface area contributed by atoms with E-state index in [-0.39, 0.29) is 12.0 Å². The fourth-order valence-electron chi connectivity index (χ4n) is 3.17. The number of hydrogen-bond donors (Lipinski definition) is 0. The number of nitrogens with zero attached hydrogens (tertiary/aromatic N) is 3. The van der Waals surface area contributed by atoms with E-state index < -0.39 is 0 Å². The number of rotatable bonds is 2. The van der Waals surface area contributed by atoms with Crippen LogP contribution in [0.1, 0.15) is 31.1 Å². The predicted molar refractivity (Wildman–Crippen MR) is 96.8 cm³/mol. The molecule has 6 heteroatoms. The molecule has 128 valence electrons. The molecular weight excluding hydrogens is 341 g/mol. The van der Waals surface area contributed by atoms with Crippen LogP contribution in [-0.4, -0.2) is 23.5 Å². The first-order chi connectivity index (χ1) is 12.2. The molecule has 4 rings (SSSR count). The normalized spacial score (nSPS) is 24.2. The second-order valence-corrected chi connectivity index (χ2v) is 6.50. The van der Waals surface area contributed by atoms with Crippen molar-refractivity contribution in [1.29, 1.82) is 0 Å². The Bertz CT molecular complexity index is 824. The quantitative estimate of drug-likeness (QED) is 0.721. The Morgan fingerprint density at radius 3 is 2.92 bits per heavy atom. The van der Waals surface area contributed by atoms with Crippen LogP contribution in [0.3, 0.4) is 0 Å². The Morgan fingerprint density at radius 1 is 1.24 bits per heavy atom. The largest absolute Gasteiger partial charge is 0.363 e. The maximum absolute atomic E-state index is 13.2. The SMILES string of the molecule is Fc1ccc(C2ON=C3/C(=C/C4=CCC=C(Cl)N=C4)CCCN32)cc1. The standard InChI is InChI=1S/C19H17ClFN3O/c20-17-5-1-3-13(12-22-17)11-15-4-2-10-24-18(15)23-25-19(24)14-6-8-16(21)9-7-14/h3,5-9,11-12,19H,1-2,4,10H2/b15-11+. The van der Waals surface area contributed by atoms with E-state index in [2.05, 4.69) is 27.2 Å². The Balaban J connectivity index is 1.57. The van der Waals surface area contributed by atoms with Crippen LogP contribution >= 0.6 is 11.6 Å². The zero-order valence-electron chi connectivity index (χ0n) is 13.5. The van der Waals surface area contributed by atoms with Crippen molar-refractivity contribution in [3.05, 3.63) is 70.2 Å². The van der Waals surface area contributed by atoms with E-state index in [0.29, 0.717) is 5.16 Å². The van der Waals surface area contributed by atoms with Crippen LogP contribution in [-0.2, 0) is 4.84 Å². The third kappa shape index (κ3) is 3.37. The monoisotopic (exact) mass is 357 g/mol. The number of fused-ring (bicyclic) bond motifs is 1. The molecule has 0 bridgehead atoms. The minimum atomic E-state index is -0.299.